The molecule has 0 aromatic carbocycles. The zero-order valence-corrected chi connectivity index (χ0v) is 5.11. The number of anilines is 1. The zero-order valence-electron chi connectivity index (χ0n) is 4.29. The SMILES string of the molecule is [CH2]Cc1nsc(N)n1. The summed E-state index contributed by atoms with van der Waals surface area (Å²) in [5.74, 6) is 0.729. The third kappa shape index (κ3) is 0.949. The van der Waals surface area contributed by atoms with Crippen molar-refractivity contribution in [2.45, 2.75) is 6.42 Å². The van der Waals surface area contributed by atoms with Gasteiger partial charge in [-0.3, -0.25) is 0 Å². The first-order valence-electron chi connectivity index (χ1n) is 2.20. The lowest BCUT2D eigenvalue weighted by Crippen LogP contribution is -1.84. The van der Waals surface area contributed by atoms with Crippen LogP contribution >= 0.6 is 11.5 Å². The lowest BCUT2D eigenvalue weighted by molar-refractivity contribution is 1.07. The maximum atomic E-state index is 5.27. The molecule has 0 aliphatic rings. The molecular formula is C4H6N3S. The third-order valence-corrected chi connectivity index (χ3v) is 1.29. The molecule has 0 aliphatic carbocycles. The second-order valence-electron chi connectivity index (χ2n) is 1.30. The van der Waals surface area contributed by atoms with Gasteiger partial charge in [0, 0.05) is 18.0 Å². The smallest absolute Gasteiger partial charge is 0.199 e. The summed E-state index contributed by atoms with van der Waals surface area (Å²) in [7, 11) is 0. The molecule has 0 fully saturated rings. The minimum atomic E-state index is 0.517. The Morgan fingerprint density at radius 3 is 2.75 bits per heavy atom. The Kier molecular flexibility index (Phi) is 1.43. The van der Waals surface area contributed by atoms with Gasteiger partial charge in [-0.2, -0.15) is 4.37 Å². The highest BCUT2D eigenvalue weighted by atomic mass is 32.1. The summed E-state index contributed by atoms with van der Waals surface area (Å²) in [5.41, 5.74) is 5.27. The van der Waals surface area contributed by atoms with E-state index >= 15 is 0 Å². The van der Waals surface area contributed by atoms with Gasteiger partial charge in [0.25, 0.3) is 0 Å². The average Bonchev–Trinajstić information content (AvgIpc) is 2.14. The molecule has 0 bridgehead atoms. The molecule has 0 saturated carbocycles. The molecule has 0 atom stereocenters. The molecule has 2 N–H and O–H groups in total. The summed E-state index contributed by atoms with van der Waals surface area (Å²) in [6.45, 7) is 3.60. The van der Waals surface area contributed by atoms with Crippen LogP contribution in [0.15, 0.2) is 0 Å². The molecule has 0 amide bonds. The topological polar surface area (TPSA) is 51.8 Å². The number of nitrogen functional groups attached to an aromatic ring is 1. The van der Waals surface area contributed by atoms with Crippen LogP contribution in [0, 0.1) is 6.92 Å². The molecule has 0 saturated heterocycles. The molecule has 0 aliphatic heterocycles. The van der Waals surface area contributed by atoms with Crippen molar-refractivity contribution in [3.63, 3.8) is 0 Å². The van der Waals surface area contributed by atoms with Crippen molar-refractivity contribution in [3.8, 4) is 0 Å². The summed E-state index contributed by atoms with van der Waals surface area (Å²) < 4.78 is 3.88. The molecule has 4 heteroatoms. The molecule has 1 rings (SSSR count). The van der Waals surface area contributed by atoms with Gasteiger partial charge < -0.3 is 5.73 Å². The molecule has 0 unspecified atom stereocenters. The van der Waals surface area contributed by atoms with Crippen LogP contribution < -0.4 is 5.73 Å². The summed E-state index contributed by atoms with van der Waals surface area (Å²) in [4.78, 5) is 3.85. The van der Waals surface area contributed by atoms with Gasteiger partial charge in [0.05, 0.1) is 0 Å². The first-order valence-corrected chi connectivity index (χ1v) is 2.97. The molecule has 43 valence electrons. The highest BCUT2D eigenvalue weighted by Crippen LogP contribution is 2.04. The molecule has 1 aromatic rings. The van der Waals surface area contributed by atoms with Crippen molar-refractivity contribution < 1.29 is 0 Å². The fourth-order valence-electron chi connectivity index (χ4n) is 0.369. The normalized spacial score (nSPS) is 9.62. The minimum absolute atomic E-state index is 0.517. The monoisotopic (exact) mass is 128 g/mol. The summed E-state index contributed by atoms with van der Waals surface area (Å²) in [6.07, 6.45) is 0.619. The van der Waals surface area contributed by atoms with Crippen molar-refractivity contribution in [1.82, 2.24) is 9.36 Å². The molecule has 1 heterocycles. The van der Waals surface area contributed by atoms with E-state index in [2.05, 4.69) is 16.3 Å². The van der Waals surface area contributed by atoms with Crippen LogP contribution in [-0.2, 0) is 6.42 Å². The van der Waals surface area contributed by atoms with Crippen molar-refractivity contribution in [3.05, 3.63) is 12.7 Å². The van der Waals surface area contributed by atoms with Crippen molar-refractivity contribution in [1.29, 1.82) is 0 Å². The summed E-state index contributed by atoms with van der Waals surface area (Å²) >= 11 is 1.21. The maximum Gasteiger partial charge on any atom is 0.199 e. The van der Waals surface area contributed by atoms with Gasteiger partial charge in [0.1, 0.15) is 5.82 Å². The Morgan fingerprint density at radius 2 is 2.50 bits per heavy atom. The highest BCUT2D eigenvalue weighted by molar-refractivity contribution is 7.09. The van der Waals surface area contributed by atoms with Gasteiger partial charge in [-0.1, -0.05) is 0 Å². The fourth-order valence-corrected chi connectivity index (χ4v) is 0.846. The van der Waals surface area contributed by atoms with E-state index in [0.29, 0.717) is 11.6 Å². The Morgan fingerprint density at radius 1 is 1.75 bits per heavy atom. The number of aromatic nitrogens is 2. The number of hydrogen-bond donors (Lipinski definition) is 1. The fraction of sp³-hybridized carbons (Fsp3) is 0.250. The van der Waals surface area contributed by atoms with Crippen LogP contribution in [0.25, 0.3) is 0 Å². The van der Waals surface area contributed by atoms with E-state index in [1.165, 1.54) is 11.5 Å². The summed E-state index contributed by atoms with van der Waals surface area (Å²) in [5, 5.41) is 0.517. The Bertz CT molecular complexity index is 172. The van der Waals surface area contributed by atoms with Crippen molar-refractivity contribution in [2.24, 2.45) is 0 Å². The second kappa shape index (κ2) is 2.09. The molecular weight excluding hydrogens is 122 g/mol. The molecule has 3 nitrogen and oxygen atoms in total. The maximum absolute atomic E-state index is 5.27. The highest BCUT2D eigenvalue weighted by Gasteiger charge is 1.94. The quantitative estimate of drug-likeness (QED) is 0.599. The second-order valence-corrected chi connectivity index (χ2v) is 2.08. The predicted molar refractivity (Wildman–Crippen MR) is 33.4 cm³/mol. The molecule has 8 heavy (non-hydrogen) atoms. The van der Waals surface area contributed by atoms with Crippen LogP contribution in [0.3, 0.4) is 0 Å². The minimum Gasteiger partial charge on any atom is -0.374 e. The third-order valence-electron chi connectivity index (χ3n) is 0.707. The number of nitrogens with two attached hydrogens (primary N) is 1. The van der Waals surface area contributed by atoms with Crippen LogP contribution in [0.4, 0.5) is 5.13 Å². The van der Waals surface area contributed by atoms with Crippen LogP contribution in [0.5, 0.6) is 0 Å². The average molecular weight is 128 g/mol. The predicted octanol–water partition coefficient (Wildman–Crippen LogP) is 0.497. The molecule has 1 radical (unpaired) electrons. The van der Waals surface area contributed by atoms with Gasteiger partial charge >= 0.3 is 0 Å². The van der Waals surface area contributed by atoms with Gasteiger partial charge in [-0.15, -0.1) is 0 Å². The Balaban J connectivity index is 2.84. The van der Waals surface area contributed by atoms with Gasteiger partial charge in [0.2, 0.25) is 0 Å². The largest absolute Gasteiger partial charge is 0.374 e. The van der Waals surface area contributed by atoms with E-state index in [1.807, 2.05) is 0 Å². The van der Waals surface area contributed by atoms with Gasteiger partial charge in [-0.05, 0) is 6.92 Å². The van der Waals surface area contributed by atoms with Crippen LogP contribution in [-0.4, -0.2) is 9.36 Å². The first kappa shape index (κ1) is 5.50. The van der Waals surface area contributed by atoms with E-state index in [9.17, 15) is 0 Å². The number of nitrogens with zero attached hydrogens (tertiary/aromatic N) is 2. The Labute approximate surface area is 51.7 Å². The Hall–Kier alpha value is -0.640. The first-order chi connectivity index (χ1) is 3.83. The van der Waals surface area contributed by atoms with Crippen molar-refractivity contribution in [2.75, 3.05) is 5.73 Å². The van der Waals surface area contributed by atoms with Crippen LogP contribution in [0.2, 0.25) is 0 Å². The molecule has 1 aromatic heterocycles. The zero-order chi connectivity index (χ0) is 5.98. The van der Waals surface area contributed by atoms with Gasteiger partial charge in [-0.25, -0.2) is 4.98 Å². The van der Waals surface area contributed by atoms with E-state index in [4.69, 9.17) is 5.73 Å². The summed E-state index contributed by atoms with van der Waals surface area (Å²) in [6, 6.07) is 0. The van der Waals surface area contributed by atoms with E-state index in [1.54, 1.807) is 0 Å². The van der Waals surface area contributed by atoms with Gasteiger partial charge in [0.15, 0.2) is 5.13 Å². The molecule has 0 spiro atoms. The van der Waals surface area contributed by atoms with Crippen molar-refractivity contribution >= 4 is 16.7 Å². The van der Waals surface area contributed by atoms with Crippen LogP contribution in [0.1, 0.15) is 5.82 Å². The number of rotatable bonds is 1. The lowest BCUT2D eigenvalue weighted by Gasteiger charge is -1.76. The van der Waals surface area contributed by atoms with E-state index in [-0.39, 0.29) is 0 Å². The van der Waals surface area contributed by atoms with E-state index < -0.39 is 0 Å². The lowest BCUT2D eigenvalue weighted by atomic mass is 10.5. The standard InChI is InChI=1S/C4H6N3S/c1-2-3-6-4(5)8-7-3/h1-2H2,(H2,5,6,7). The number of hydrogen-bond acceptors (Lipinski definition) is 4. The van der Waals surface area contributed by atoms with E-state index in [0.717, 1.165) is 5.82 Å².